The second-order valence-electron chi connectivity index (χ2n) is 8.50. The van der Waals surface area contributed by atoms with Crippen molar-refractivity contribution in [3.63, 3.8) is 0 Å². The third kappa shape index (κ3) is 5.94. The van der Waals surface area contributed by atoms with E-state index < -0.39 is 23.6 Å². The number of ether oxygens (including phenoxy) is 1. The molecule has 0 fully saturated rings. The number of imidazole rings is 1. The van der Waals surface area contributed by atoms with Crippen LogP contribution in [-0.4, -0.2) is 57.6 Å². The van der Waals surface area contributed by atoms with Gasteiger partial charge in [0.15, 0.2) is 10.4 Å². The molecule has 1 aromatic rings. The Morgan fingerprint density at radius 2 is 1.90 bits per heavy atom. The molecule has 1 unspecified atom stereocenters. The molecule has 2 heterocycles. The lowest BCUT2D eigenvalue weighted by molar-refractivity contribution is -0.122. The lowest BCUT2D eigenvalue weighted by Crippen LogP contribution is -2.47. The van der Waals surface area contributed by atoms with Crippen LogP contribution in [0.3, 0.4) is 0 Å². The first kappa shape index (κ1) is 23.2. The Balaban J connectivity index is 2.22. The number of hydrogen-bond donors (Lipinski definition) is 2. The van der Waals surface area contributed by atoms with Crippen molar-refractivity contribution in [3.05, 3.63) is 16.1 Å². The van der Waals surface area contributed by atoms with Crippen molar-refractivity contribution in [2.24, 2.45) is 5.92 Å². The van der Waals surface area contributed by atoms with Gasteiger partial charge in [-0.15, -0.1) is 0 Å². The molecule has 1 atom stereocenters. The van der Waals surface area contributed by atoms with Crippen LogP contribution in [0.15, 0.2) is 4.73 Å². The van der Waals surface area contributed by atoms with Crippen molar-refractivity contribution in [1.29, 1.82) is 0 Å². The Labute approximate surface area is 179 Å². The Morgan fingerprint density at radius 1 is 1.24 bits per heavy atom. The van der Waals surface area contributed by atoms with E-state index in [4.69, 9.17) is 4.74 Å². The summed E-state index contributed by atoms with van der Waals surface area (Å²) in [5, 5.41) is 5.36. The summed E-state index contributed by atoms with van der Waals surface area (Å²) >= 11 is 3.38. The number of fused-ring (bicyclic) bond motifs is 1. The van der Waals surface area contributed by atoms with Gasteiger partial charge in [-0.25, -0.2) is 9.78 Å². The summed E-state index contributed by atoms with van der Waals surface area (Å²) < 4.78 is 7.82. The number of nitrogens with zero attached hydrogens (tertiary/aromatic N) is 3. The number of likely N-dealkylation sites (N-methyl/N-ethyl adjacent to an activating group) is 1. The average Bonchev–Trinajstić information content (AvgIpc) is 2.95. The SMILES string of the molecule is CNC(=O)C(CC(C)C)NC(=O)c1nc(Br)n2c1CN(C(=O)OC(C)(C)C)CC2. The molecule has 0 aromatic carbocycles. The van der Waals surface area contributed by atoms with Crippen molar-refractivity contribution >= 4 is 33.8 Å². The fourth-order valence-corrected chi connectivity index (χ4v) is 3.66. The molecule has 0 radical (unpaired) electrons. The average molecular weight is 472 g/mol. The lowest BCUT2D eigenvalue weighted by Gasteiger charge is -2.31. The van der Waals surface area contributed by atoms with E-state index in [1.54, 1.807) is 4.90 Å². The summed E-state index contributed by atoms with van der Waals surface area (Å²) in [6, 6.07) is -0.658. The van der Waals surface area contributed by atoms with Gasteiger partial charge in [-0.2, -0.15) is 0 Å². The standard InChI is InChI=1S/C19H30BrN5O4/c1-11(2)9-12(15(26)21-6)22-16(27)14-13-10-24(18(28)29-19(3,4)5)7-8-25(13)17(20)23-14/h11-12H,7-10H2,1-6H3,(H,21,26)(H,22,27). The van der Waals surface area contributed by atoms with Crippen molar-refractivity contribution in [2.45, 2.75) is 65.8 Å². The van der Waals surface area contributed by atoms with Gasteiger partial charge in [0, 0.05) is 20.1 Å². The third-order valence-electron chi connectivity index (χ3n) is 4.40. The zero-order valence-electron chi connectivity index (χ0n) is 17.8. The van der Waals surface area contributed by atoms with Gasteiger partial charge in [-0.05, 0) is 49.0 Å². The first-order chi connectivity index (χ1) is 13.4. The Hall–Kier alpha value is -2.10. The molecular weight excluding hydrogens is 442 g/mol. The molecule has 0 saturated heterocycles. The number of carbonyl (C=O) groups excluding carboxylic acids is 3. The van der Waals surface area contributed by atoms with Gasteiger partial charge in [0.1, 0.15) is 11.6 Å². The third-order valence-corrected chi connectivity index (χ3v) is 5.01. The second kappa shape index (κ2) is 9.15. The normalized spacial score (nSPS) is 15.0. The van der Waals surface area contributed by atoms with Crippen LogP contribution in [-0.2, 0) is 22.6 Å². The highest BCUT2D eigenvalue weighted by atomic mass is 79.9. The van der Waals surface area contributed by atoms with Crippen LogP contribution in [0.1, 0.15) is 57.2 Å². The van der Waals surface area contributed by atoms with Crippen molar-refractivity contribution < 1.29 is 19.1 Å². The van der Waals surface area contributed by atoms with Gasteiger partial charge in [0.2, 0.25) is 5.91 Å². The molecule has 0 bridgehead atoms. The maximum absolute atomic E-state index is 12.9. The van der Waals surface area contributed by atoms with E-state index in [2.05, 4.69) is 31.5 Å². The quantitative estimate of drug-likeness (QED) is 0.684. The van der Waals surface area contributed by atoms with E-state index in [0.717, 1.165) is 0 Å². The zero-order chi connectivity index (χ0) is 21.9. The highest BCUT2D eigenvalue weighted by Gasteiger charge is 2.32. The van der Waals surface area contributed by atoms with E-state index in [1.807, 2.05) is 39.2 Å². The fraction of sp³-hybridized carbons (Fsp3) is 0.684. The summed E-state index contributed by atoms with van der Waals surface area (Å²) in [5.74, 6) is -0.475. The molecule has 1 aliphatic rings. The molecule has 2 N–H and O–H groups in total. The van der Waals surface area contributed by atoms with Crippen LogP contribution in [0.25, 0.3) is 0 Å². The predicted octanol–water partition coefficient (Wildman–Crippen LogP) is 2.29. The highest BCUT2D eigenvalue weighted by Crippen LogP contribution is 2.24. The first-order valence-corrected chi connectivity index (χ1v) is 10.5. The molecule has 0 saturated carbocycles. The number of nitrogens with one attached hydrogen (secondary N) is 2. The monoisotopic (exact) mass is 471 g/mol. The van der Waals surface area contributed by atoms with Crippen LogP contribution in [0.5, 0.6) is 0 Å². The zero-order valence-corrected chi connectivity index (χ0v) is 19.4. The van der Waals surface area contributed by atoms with Gasteiger partial charge in [-0.3, -0.25) is 9.59 Å². The van der Waals surface area contributed by atoms with Crippen LogP contribution < -0.4 is 10.6 Å². The molecule has 9 nitrogen and oxygen atoms in total. The molecule has 162 valence electrons. The maximum Gasteiger partial charge on any atom is 0.410 e. The molecule has 0 spiro atoms. The van der Waals surface area contributed by atoms with Gasteiger partial charge in [0.05, 0.1) is 12.2 Å². The molecule has 1 aliphatic heterocycles. The minimum atomic E-state index is -0.658. The number of rotatable bonds is 5. The second-order valence-corrected chi connectivity index (χ2v) is 9.21. The smallest absolute Gasteiger partial charge is 0.410 e. The van der Waals surface area contributed by atoms with Crippen LogP contribution >= 0.6 is 15.9 Å². The van der Waals surface area contributed by atoms with Crippen molar-refractivity contribution in [1.82, 2.24) is 25.1 Å². The maximum atomic E-state index is 12.9. The molecule has 3 amide bonds. The number of hydrogen-bond acceptors (Lipinski definition) is 5. The van der Waals surface area contributed by atoms with Gasteiger partial charge in [-0.1, -0.05) is 13.8 Å². The van der Waals surface area contributed by atoms with Gasteiger partial charge < -0.3 is 24.8 Å². The fourth-order valence-electron chi connectivity index (χ4n) is 3.09. The summed E-state index contributed by atoms with van der Waals surface area (Å²) in [7, 11) is 1.54. The number of carbonyl (C=O) groups is 3. The van der Waals surface area contributed by atoms with E-state index in [9.17, 15) is 14.4 Å². The van der Waals surface area contributed by atoms with E-state index >= 15 is 0 Å². The van der Waals surface area contributed by atoms with Gasteiger partial charge >= 0.3 is 6.09 Å². The molecule has 2 rings (SSSR count). The van der Waals surface area contributed by atoms with Gasteiger partial charge in [0.25, 0.3) is 5.91 Å². The summed E-state index contributed by atoms with van der Waals surface area (Å²) in [6.07, 6.45) is 0.0719. The van der Waals surface area contributed by atoms with Crippen LogP contribution in [0, 0.1) is 5.92 Å². The molecule has 1 aromatic heterocycles. The number of halogens is 1. The number of aromatic nitrogens is 2. The van der Waals surface area contributed by atoms with E-state index in [-0.39, 0.29) is 24.1 Å². The predicted molar refractivity (Wildman–Crippen MR) is 111 cm³/mol. The van der Waals surface area contributed by atoms with Crippen LogP contribution in [0.2, 0.25) is 0 Å². The Kier molecular flexibility index (Phi) is 7.31. The summed E-state index contributed by atoms with van der Waals surface area (Å²) in [6.45, 7) is 10.5. The van der Waals surface area contributed by atoms with Crippen LogP contribution in [0.4, 0.5) is 4.79 Å². The summed E-state index contributed by atoms with van der Waals surface area (Å²) in [5.41, 5.74) is 0.196. The molecule has 29 heavy (non-hydrogen) atoms. The number of amides is 3. The minimum Gasteiger partial charge on any atom is -0.444 e. The van der Waals surface area contributed by atoms with E-state index in [1.165, 1.54) is 7.05 Å². The topological polar surface area (TPSA) is 106 Å². The molecule has 0 aliphatic carbocycles. The van der Waals surface area contributed by atoms with Crippen molar-refractivity contribution in [2.75, 3.05) is 13.6 Å². The lowest BCUT2D eigenvalue weighted by atomic mass is 10.0. The van der Waals surface area contributed by atoms with E-state index in [0.29, 0.717) is 29.9 Å². The highest BCUT2D eigenvalue weighted by molar-refractivity contribution is 9.10. The Bertz CT molecular complexity index is 784. The molecular formula is C19H30BrN5O4. The Morgan fingerprint density at radius 3 is 2.45 bits per heavy atom. The summed E-state index contributed by atoms with van der Waals surface area (Å²) in [4.78, 5) is 43.4. The minimum absolute atomic E-state index is 0.197. The van der Waals surface area contributed by atoms with Crippen molar-refractivity contribution in [3.8, 4) is 0 Å². The largest absolute Gasteiger partial charge is 0.444 e. The first-order valence-electron chi connectivity index (χ1n) is 9.68. The molecule has 10 heteroatoms.